The molecule has 6 heteroatoms. The number of aromatic carboxylic acids is 1. The number of aromatic nitrogens is 2. The second-order valence-corrected chi connectivity index (χ2v) is 4.34. The third kappa shape index (κ3) is 2.79. The first kappa shape index (κ1) is 11.5. The van der Waals surface area contributed by atoms with Crippen LogP contribution < -0.4 is 4.90 Å². The number of nitrogens with zero attached hydrogens (tertiary/aromatic N) is 3. The van der Waals surface area contributed by atoms with Gasteiger partial charge >= 0.3 is 5.97 Å². The van der Waals surface area contributed by atoms with E-state index in [4.69, 9.17) is 5.11 Å². The number of carbonyl (C=O) groups is 1. The average molecular weight is 249 g/mol. The fourth-order valence-electron chi connectivity index (χ4n) is 1.38. The van der Waals surface area contributed by atoms with Crippen LogP contribution in [0.2, 0.25) is 0 Å². The van der Waals surface area contributed by atoms with Crippen molar-refractivity contribution in [2.75, 3.05) is 11.9 Å². The third-order valence-corrected chi connectivity index (χ3v) is 2.96. The molecule has 0 aliphatic heterocycles. The highest BCUT2D eigenvalue weighted by molar-refractivity contribution is 7.07. The van der Waals surface area contributed by atoms with E-state index in [1.165, 1.54) is 11.8 Å². The van der Waals surface area contributed by atoms with Crippen molar-refractivity contribution in [3.05, 3.63) is 40.5 Å². The summed E-state index contributed by atoms with van der Waals surface area (Å²) in [6, 6.07) is 2.02. The van der Waals surface area contributed by atoms with Crippen LogP contribution in [0, 0.1) is 0 Å². The number of anilines is 1. The fourth-order valence-corrected chi connectivity index (χ4v) is 2.04. The van der Waals surface area contributed by atoms with Gasteiger partial charge in [-0.2, -0.15) is 11.3 Å². The Morgan fingerprint density at radius 1 is 1.53 bits per heavy atom. The third-order valence-electron chi connectivity index (χ3n) is 2.23. The summed E-state index contributed by atoms with van der Waals surface area (Å²) in [7, 11) is 1.85. The molecule has 2 heterocycles. The molecule has 88 valence electrons. The van der Waals surface area contributed by atoms with Crippen molar-refractivity contribution in [2.45, 2.75) is 6.54 Å². The number of carboxylic acid groups (broad SMARTS) is 1. The van der Waals surface area contributed by atoms with Gasteiger partial charge in [-0.15, -0.1) is 0 Å². The summed E-state index contributed by atoms with van der Waals surface area (Å²) < 4.78 is 0. The Bertz CT molecular complexity index is 513. The van der Waals surface area contributed by atoms with Gasteiger partial charge in [0.1, 0.15) is 5.82 Å². The van der Waals surface area contributed by atoms with Crippen molar-refractivity contribution in [2.24, 2.45) is 0 Å². The Morgan fingerprint density at radius 2 is 2.35 bits per heavy atom. The Labute approximate surface area is 102 Å². The number of carboxylic acids is 1. The molecule has 5 nitrogen and oxygen atoms in total. The zero-order chi connectivity index (χ0) is 12.3. The summed E-state index contributed by atoms with van der Waals surface area (Å²) in [5.41, 5.74) is 1.12. The van der Waals surface area contributed by atoms with E-state index in [2.05, 4.69) is 9.97 Å². The molecule has 2 aromatic heterocycles. The van der Waals surface area contributed by atoms with Crippen molar-refractivity contribution < 1.29 is 9.90 Å². The minimum absolute atomic E-state index is 0.0420. The number of rotatable bonds is 4. The van der Waals surface area contributed by atoms with Crippen LogP contribution in [0.3, 0.4) is 0 Å². The molecule has 0 unspecified atom stereocenters. The van der Waals surface area contributed by atoms with Gasteiger partial charge in [-0.05, 0) is 22.4 Å². The van der Waals surface area contributed by atoms with Gasteiger partial charge in [-0.3, -0.25) is 4.98 Å². The first-order chi connectivity index (χ1) is 8.16. The Kier molecular flexibility index (Phi) is 3.34. The molecule has 0 aliphatic rings. The zero-order valence-corrected chi connectivity index (χ0v) is 10.0. The fraction of sp³-hybridized carbons (Fsp3) is 0.182. The zero-order valence-electron chi connectivity index (χ0n) is 9.20. The molecule has 0 aromatic carbocycles. The van der Waals surface area contributed by atoms with Crippen molar-refractivity contribution in [1.82, 2.24) is 9.97 Å². The molecule has 0 spiro atoms. The molecule has 0 atom stereocenters. The van der Waals surface area contributed by atoms with Crippen LogP contribution in [0.1, 0.15) is 16.1 Å². The second kappa shape index (κ2) is 4.92. The van der Waals surface area contributed by atoms with Crippen LogP contribution in [0.15, 0.2) is 29.2 Å². The molecular formula is C11H11N3O2S. The highest BCUT2D eigenvalue weighted by atomic mass is 32.1. The van der Waals surface area contributed by atoms with Crippen LogP contribution in [0.4, 0.5) is 5.82 Å². The van der Waals surface area contributed by atoms with Crippen LogP contribution in [0.5, 0.6) is 0 Å². The first-order valence-corrected chi connectivity index (χ1v) is 5.88. The van der Waals surface area contributed by atoms with E-state index >= 15 is 0 Å². The van der Waals surface area contributed by atoms with E-state index in [1.807, 2.05) is 28.8 Å². The second-order valence-electron chi connectivity index (χ2n) is 3.56. The summed E-state index contributed by atoms with van der Waals surface area (Å²) in [4.78, 5) is 20.5. The van der Waals surface area contributed by atoms with Crippen molar-refractivity contribution in [3.8, 4) is 0 Å². The van der Waals surface area contributed by atoms with Crippen LogP contribution >= 0.6 is 11.3 Å². The highest BCUT2D eigenvalue weighted by Gasteiger charge is 2.09. The summed E-state index contributed by atoms with van der Waals surface area (Å²) in [5.74, 6) is -0.514. The molecule has 17 heavy (non-hydrogen) atoms. The summed E-state index contributed by atoms with van der Waals surface area (Å²) in [6.07, 6.45) is 2.79. The number of thiophene rings is 1. The summed E-state index contributed by atoms with van der Waals surface area (Å²) >= 11 is 1.63. The van der Waals surface area contributed by atoms with Crippen LogP contribution in [-0.2, 0) is 6.54 Å². The lowest BCUT2D eigenvalue weighted by Crippen LogP contribution is -2.18. The SMILES string of the molecule is CN(Cc1ccsc1)c1cncc(C(=O)O)n1. The molecule has 0 aliphatic carbocycles. The summed E-state index contributed by atoms with van der Waals surface area (Å²) in [6.45, 7) is 0.682. The molecule has 0 bridgehead atoms. The first-order valence-electron chi connectivity index (χ1n) is 4.94. The van der Waals surface area contributed by atoms with E-state index in [1.54, 1.807) is 17.5 Å². The van der Waals surface area contributed by atoms with Crippen molar-refractivity contribution in [1.29, 1.82) is 0 Å². The van der Waals surface area contributed by atoms with Gasteiger partial charge in [0.2, 0.25) is 0 Å². The van der Waals surface area contributed by atoms with Crippen molar-refractivity contribution >= 4 is 23.1 Å². The van der Waals surface area contributed by atoms with E-state index in [0.29, 0.717) is 12.4 Å². The van der Waals surface area contributed by atoms with E-state index in [0.717, 1.165) is 0 Å². The van der Waals surface area contributed by atoms with Gasteiger partial charge in [0, 0.05) is 13.6 Å². The molecule has 0 saturated heterocycles. The maximum atomic E-state index is 10.8. The minimum Gasteiger partial charge on any atom is -0.476 e. The molecule has 0 saturated carbocycles. The molecule has 1 N–H and O–H groups in total. The maximum Gasteiger partial charge on any atom is 0.356 e. The standard InChI is InChI=1S/C11H11N3O2S/c1-14(6-8-2-3-17-7-8)10-5-12-4-9(13-10)11(15)16/h2-5,7H,6H2,1H3,(H,15,16). The lowest BCUT2D eigenvalue weighted by atomic mass is 10.3. The normalized spacial score (nSPS) is 10.2. The van der Waals surface area contributed by atoms with Gasteiger partial charge < -0.3 is 10.0 Å². The van der Waals surface area contributed by atoms with E-state index in [9.17, 15) is 4.79 Å². The van der Waals surface area contributed by atoms with E-state index in [-0.39, 0.29) is 5.69 Å². The maximum absolute atomic E-state index is 10.8. The van der Waals surface area contributed by atoms with Gasteiger partial charge in [0.25, 0.3) is 0 Å². The Morgan fingerprint density at radius 3 is 3.00 bits per heavy atom. The molecule has 0 amide bonds. The molecule has 0 fully saturated rings. The average Bonchev–Trinajstić information content (AvgIpc) is 2.82. The topological polar surface area (TPSA) is 66.3 Å². The van der Waals surface area contributed by atoms with E-state index < -0.39 is 5.97 Å². The molecule has 2 rings (SSSR count). The predicted octanol–water partition coefficient (Wildman–Crippen LogP) is 1.87. The van der Waals surface area contributed by atoms with Crippen molar-refractivity contribution in [3.63, 3.8) is 0 Å². The van der Waals surface area contributed by atoms with Gasteiger partial charge in [0.05, 0.1) is 12.4 Å². The lowest BCUT2D eigenvalue weighted by molar-refractivity contribution is 0.0690. The lowest BCUT2D eigenvalue weighted by Gasteiger charge is -2.16. The monoisotopic (exact) mass is 249 g/mol. The number of hydrogen-bond donors (Lipinski definition) is 1. The van der Waals surface area contributed by atoms with Crippen LogP contribution in [-0.4, -0.2) is 28.1 Å². The molecular weight excluding hydrogens is 238 g/mol. The van der Waals surface area contributed by atoms with Gasteiger partial charge in [-0.25, -0.2) is 9.78 Å². The van der Waals surface area contributed by atoms with Crippen LogP contribution in [0.25, 0.3) is 0 Å². The Balaban J connectivity index is 2.16. The number of hydrogen-bond acceptors (Lipinski definition) is 5. The largest absolute Gasteiger partial charge is 0.476 e. The Hall–Kier alpha value is -1.95. The van der Waals surface area contributed by atoms with Gasteiger partial charge in [-0.1, -0.05) is 0 Å². The summed E-state index contributed by atoms with van der Waals surface area (Å²) in [5, 5.41) is 12.9. The van der Waals surface area contributed by atoms with Gasteiger partial charge in [0.15, 0.2) is 5.69 Å². The highest BCUT2D eigenvalue weighted by Crippen LogP contribution is 2.14. The molecule has 2 aromatic rings. The quantitative estimate of drug-likeness (QED) is 0.896. The minimum atomic E-state index is -1.07. The predicted molar refractivity (Wildman–Crippen MR) is 65.4 cm³/mol. The molecule has 0 radical (unpaired) electrons. The smallest absolute Gasteiger partial charge is 0.356 e.